The van der Waals surface area contributed by atoms with Crippen molar-refractivity contribution < 1.29 is 9.47 Å². The first kappa shape index (κ1) is 16.0. The summed E-state index contributed by atoms with van der Waals surface area (Å²) in [6.45, 7) is 0.497. The number of nitriles is 1. The molecule has 4 aromatic rings. The Morgan fingerprint density at radius 3 is 2.74 bits per heavy atom. The molecule has 5 heteroatoms. The standard InChI is InChI=1S/C22H15ClN2O2/c23-15-11-17-16-7-4-8-19-21(16)25(22(17)20(12-15)26-10-9-24)18(13-27-19)14-5-2-1-3-6-14/h1-8,11-12,18H,10,13H2. The molecule has 1 atom stereocenters. The Hall–Kier alpha value is -3.16. The predicted octanol–water partition coefficient (Wildman–Crippen LogP) is 5.33. The highest BCUT2D eigenvalue weighted by Crippen LogP contribution is 2.45. The molecule has 1 aliphatic rings. The SMILES string of the molecule is N#CCOc1cc(Cl)cc2c3cccc4c3n(c12)C(c1ccccc1)CO4. The first-order chi connectivity index (χ1) is 13.3. The van der Waals surface area contributed by atoms with E-state index < -0.39 is 0 Å². The topological polar surface area (TPSA) is 47.2 Å². The lowest BCUT2D eigenvalue weighted by atomic mass is 10.1. The molecule has 0 saturated carbocycles. The number of aromatic nitrogens is 1. The predicted molar refractivity (Wildman–Crippen MR) is 106 cm³/mol. The Bertz CT molecular complexity index is 1210. The summed E-state index contributed by atoms with van der Waals surface area (Å²) in [5, 5.41) is 11.6. The molecule has 1 aliphatic heterocycles. The second kappa shape index (κ2) is 6.22. The third-order valence-electron chi connectivity index (χ3n) is 5.00. The summed E-state index contributed by atoms with van der Waals surface area (Å²) in [7, 11) is 0. The molecule has 27 heavy (non-hydrogen) atoms. The number of hydrogen-bond donors (Lipinski definition) is 0. The van der Waals surface area contributed by atoms with Gasteiger partial charge in [0.2, 0.25) is 0 Å². The quantitative estimate of drug-likeness (QED) is 0.486. The van der Waals surface area contributed by atoms with Crippen molar-refractivity contribution in [1.29, 1.82) is 5.26 Å². The molecule has 1 unspecified atom stereocenters. The number of ether oxygens (including phenoxy) is 2. The van der Waals surface area contributed by atoms with Crippen molar-refractivity contribution in [2.24, 2.45) is 0 Å². The van der Waals surface area contributed by atoms with Crippen LogP contribution < -0.4 is 9.47 Å². The van der Waals surface area contributed by atoms with E-state index in [0.717, 1.165) is 33.1 Å². The molecule has 5 rings (SSSR count). The maximum atomic E-state index is 8.99. The molecule has 0 amide bonds. The van der Waals surface area contributed by atoms with Gasteiger partial charge in [-0.25, -0.2) is 0 Å². The summed E-state index contributed by atoms with van der Waals surface area (Å²) in [4.78, 5) is 0. The highest BCUT2D eigenvalue weighted by molar-refractivity contribution is 6.32. The van der Waals surface area contributed by atoms with Gasteiger partial charge in [-0.05, 0) is 17.7 Å². The van der Waals surface area contributed by atoms with Crippen LogP contribution in [0.5, 0.6) is 11.5 Å². The first-order valence-corrected chi connectivity index (χ1v) is 9.09. The number of rotatable bonds is 3. The van der Waals surface area contributed by atoms with E-state index in [1.165, 1.54) is 0 Å². The van der Waals surface area contributed by atoms with Crippen LogP contribution in [0.25, 0.3) is 21.8 Å². The minimum absolute atomic E-state index is 0.00621. The lowest BCUT2D eigenvalue weighted by Crippen LogP contribution is -2.23. The summed E-state index contributed by atoms with van der Waals surface area (Å²) in [6.07, 6.45) is 0. The molecule has 0 N–H and O–H groups in total. The molecular formula is C22H15ClN2O2. The average Bonchev–Trinajstić information content (AvgIpc) is 3.03. The first-order valence-electron chi connectivity index (χ1n) is 8.71. The van der Waals surface area contributed by atoms with Crippen LogP contribution in [0.1, 0.15) is 11.6 Å². The molecule has 0 fully saturated rings. The minimum atomic E-state index is -0.0314. The van der Waals surface area contributed by atoms with Gasteiger partial charge in [-0.3, -0.25) is 0 Å². The number of nitrogens with zero attached hydrogens (tertiary/aromatic N) is 2. The second-order valence-corrected chi connectivity index (χ2v) is 6.94. The molecule has 0 radical (unpaired) electrons. The van der Waals surface area contributed by atoms with E-state index in [-0.39, 0.29) is 12.6 Å². The third kappa shape index (κ3) is 2.43. The van der Waals surface area contributed by atoms with Crippen LogP contribution in [0.15, 0.2) is 60.7 Å². The highest BCUT2D eigenvalue weighted by atomic mass is 35.5. The van der Waals surface area contributed by atoms with Crippen molar-refractivity contribution in [3.63, 3.8) is 0 Å². The van der Waals surface area contributed by atoms with Gasteiger partial charge in [-0.2, -0.15) is 5.26 Å². The zero-order valence-corrected chi connectivity index (χ0v) is 15.1. The van der Waals surface area contributed by atoms with E-state index in [9.17, 15) is 0 Å². The smallest absolute Gasteiger partial charge is 0.174 e. The number of halogens is 1. The molecule has 132 valence electrons. The van der Waals surface area contributed by atoms with E-state index in [2.05, 4.69) is 22.8 Å². The zero-order valence-electron chi connectivity index (χ0n) is 14.4. The fraction of sp³-hybridized carbons (Fsp3) is 0.136. The molecule has 4 nitrogen and oxygen atoms in total. The van der Waals surface area contributed by atoms with Gasteiger partial charge >= 0.3 is 0 Å². The van der Waals surface area contributed by atoms with Crippen LogP contribution in [0, 0.1) is 11.3 Å². The van der Waals surface area contributed by atoms with Gasteiger partial charge in [-0.15, -0.1) is 0 Å². The third-order valence-corrected chi connectivity index (χ3v) is 5.21. The van der Waals surface area contributed by atoms with Crippen LogP contribution in [-0.2, 0) is 0 Å². The second-order valence-electron chi connectivity index (χ2n) is 6.51. The van der Waals surface area contributed by atoms with Gasteiger partial charge in [0, 0.05) is 21.9 Å². The molecule has 0 spiro atoms. The fourth-order valence-corrected chi connectivity index (χ4v) is 4.15. The number of fused-ring (bicyclic) bond motifs is 3. The monoisotopic (exact) mass is 374 g/mol. The molecule has 0 aliphatic carbocycles. The van der Waals surface area contributed by atoms with Gasteiger partial charge in [0.15, 0.2) is 6.61 Å². The van der Waals surface area contributed by atoms with E-state index >= 15 is 0 Å². The molecule has 0 bridgehead atoms. The van der Waals surface area contributed by atoms with E-state index in [0.29, 0.717) is 17.4 Å². The van der Waals surface area contributed by atoms with Crippen molar-refractivity contribution in [2.45, 2.75) is 6.04 Å². The molecule has 2 heterocycles. The Labute approximate surface area is 161 Å². The van der Waals surface area contributed by atoms with E-state index in [1.54, 1.807) is 6.07 Å². The highest BCUT2D eigenvalue weighted by Gasteiger charge is 2.29. The van der Waals surface area contributed by atoms with Gasteiger partial charge in [0.25, 0.3) is 0 Å². The molecule has 3 aromatic carbocycles. The van der Waals surface area contributed by atoms with Crippen LogP contribution >= 0.6 is 11.6 Å². The van der Waals surface area contributed by atoms with Gasteiger partial charge in [0.1, 0.15) is 24.2 Å². The summed E-state index contributed by atoms with van der Waals surface area (Å²) < 4.78 is 14.1. The summed E-state index contributed by atoms with van der Waals surface area (Å²) in [5.41, 5.74) is 3.12. The van der Waals surface area contributed by atoms with Crippen LogP contribution in [0.2, 0.25) is 5.02 Å². The Morgan fingerprint density at radius 2 is 1.93 bits per heavy atom. The maximum absolute atomic E-state index is 8.99. The molecule has 0 saturated heterocycles. The summed E-state index contributed by atoms with van der Waals surface area (Å²) >= 11 is 6.36. The lowest BCUT2D eigenvalue weighted by molar-refractivity contribution is 0.261. The van der Waals surface area contributed by atoms with Crippen molar-refractivity contribution in [1.82, 2.24) is 4.57 Å². The number of hydrogen-bond acceptors (Lipinski definition) is 3. The summed E-state index contributed by atoms with van der Waals surface area (Å²) in [6, 6.07) is 22.1. The Balaban J connectivity index is 1.90. The van der Waals surface area contributed by atoms with Crippen LogP contribution in [0.4, 0.5) is 0 Å². The van der Waals surface area contributed by atoms with E-state index in [4.69, 9.17) is 26.3 Å². The van der Waals surface area contributed by atoms with Gasteiger partial charge < -0.3 is 14.0 Å². The van der Waals surface area contributed by atoms with Crippen molar-refractivity contribution >= 4 is 33.4 Å². The van der Waals surface area contributed by atoms with Crippen LogP contribution in [-0.4, -0.2) is 17.8 Å². The van der Waals surface area contributed by atoms with Crippen molar-refractivity contribution in [3.05, 3.63) is 71.2 Å². The lowest BCUT2D eigenvalue weighted by Gasteiger charge is -2.28. The Morgan fingerprint density at radius 1 is 1.07 bits per heavy atom. The summed E-state index contributed by atoms with van der Waals surface area (Å²) in [5.74, 6) is 1.46. The average molecular weight is 375 g/mol. The number of benzene rings is 3. The fourth-order valence-electron chi connectivity index (χ4n) is 3.94. The normalized spacial score (nSPS) is 15.5. The maximum Gasteiger partial charge on any atom is 0.174 e. The molecule has 1 aromatic heterocycles. The van der Waals surface area contributed by atoms with Crippen LogP contribution in [0.3, 0.4) is 0 Å². The number of para-hydroxylation sites is 1. The Kier molecular flexibility index (Phi) is 3.70. The van der Waals surface area contributed by atoms with Crippen molar-refractivity contribution in [3.8, 4) is 17.6 Å². The van der Waals surface area contributed by atoms with E-state index in [1.807, 2.05) is 42.5 Å². The minimum Gasteiger partial charge on any atom is -0.489 e. The van der Waals surface area contributed by atoms with Crippen molar-refractivity contribution in [2.75, 3.05) is 13.2 Å². The molecular weight excluding hydrogens is 360 g/mol. The van der Waals surface area contributed by atoms with Gasteiger partial charge in [0.05, 0.1) is 17.1 Å². The van der Waals surface area contributed by atoms with Gasteiger partial charge in [-0.1, -0.05) is 54.1 Å². The largest absolute Gasteiger partial charge is 0.489 e. The zero-order chi connectivity index (χ0) is 18.4.